The molecular formula is C16H23NO3. The highest BCUT2D eigenvalue weighted by Gasteiger charge is 2.54. The molecule has 110 valence electrons. The van der Waals surface area contributed by atoms with Crippen molar-refractivity contribution in [3.05, 3.63) is 11.1 Å². The molecule has 4 nitrogen and oxygen atoms in total. The predicted octanol–water partition coefficient (Wildman–Crippen LogP) is 2.35. The van der Waals surface area contributed by atoms with Crippen LogP contribution >= 0.6 is 0 Å². The van der Waals surface area contributed by atoms with Gasteiger partial charge in [0.1, 0.15) is 0 Å². The Balaban J connectivity index is 1.67. The van der Waals surface area contributed by atoms with Gasteiger partial charge in [0, 0.05) is 17.2 Å². The highest BCUT2D eigenvalue weighted by atomic mass is 16.4. The molecule has 3 aliphatic rings. The van der Waals surface area contributed by atoms with E-state index >= 15 is 0 Å². The molecule has 2 bridgehead atoms. The van der Waals surface area contributed by atoms with Crippen LogP contribution in [0.4, 0.5) is 0 Å². The summed E-state index contributed by atoms with van der Waals surface area (Å²) in [4.78, 5) is 23.1. The lowest BCUT2D eigenvalue weighted by molar-refractivity contribution is -0.133. The largest absolute Gasteiger partial charge is 0.478 e. The van der Waals surface area contributed by atoms with Gasteiger partial charge in [0.2, 0.25) is 5.91 Å². The normalized spacial score (nSPS) is 39.4. The minimum absolute atomic E-state index is 0.143. The molecule has 5 atom stereocenters. The maximum Gasteiger partial charge on any atom is 0.331 e. The summed E-state index contributed by atoms with van der Waals surface area (Å²) in [5.74, 6) is 1.94. The Hall–Kier alpha value is -1.32. The highest BCUT2D eigenvalue weighted by Crippen LogP contribution is 2.58. The van der Waals surface area contributed by atoms with Gasteiger partial charge in [-0.15, -0.1) is 0 Å². The Morgan fingerprint density at radius 1 is 1.00 bits per heavy atom. The van der Waals surface area contributed by atoms with Crippen molar-refractivity contribution in [2.75, 3.05) is 0 Å². The lowest BCUT2D eigenvalue weighted by atomic mass is 9.79. The Kier molecular flexibility index (Phi) is 3.35. The Morgan fingerprint density at radius 3 is 2.40 bits per heavy atom. The van der Waals surface area contributed by atoms with E-state index < -0.39 is 5.97 Å². The minimum Gasteiger partial charge on any atom is -0.478 e. The SMILES string of the molecule is CC(C(=O)O)=C(C)C(=O)NC1CC2CC1C1CCCC21. The quantitative estimate of drug-likeness (QED) is 0.778. The van der Waals surface area contributed by atoms with E-state index in [1.807, 2.05) is 0 Å². The van der Waals surface area contributed by atoms with Gasteiger partial charge in [0.25, 0.3) is 0 Å². The van der Waals surface area contributed by atoms with Crippen LogP contribution in [0.15, 0.2) is 11.1 Å². The summed E-state index contributed by atoms with van der Waals surface area (Å²) in [5, 5.41) is 12.1. The summed E-state index contributed by atoms with van der Waals surface area (Å²) in [7, 11) is 0. The number of aliphatic carboxylic acids is 1. The van der Waals surface area contributed by atoms with Crippen molar-refractivity contribution in [3.8, 4) is 0 Å². The predicted molar refractivity (Wildman–Crippen MR) is 75.0 cm³/mol. The Bertz CT molecular complexity index is 482. The number of carbonyl (C=O) groups is 2. The molecule has 0 aliphatic heterocycles. The van der Waals surface area contributed by atoms with Gasteiger partial charge in [-0.3, -0.25) is 4.79 Å². The summed E-state index contributed by atoms with van der Waals surface area (Å²) in [6, 6.07) is 0.267. The second-order valence-electron chi connectivity index (χ2n) is 6.79. The van der Waals surface area contributed by atoms with Gasteiger partial charge in [-0.1, -0.05) is 6.42 Å². The third-order valence-electron chi connectivity index (χ3n) is 5.97. The van der Waals surface area contributed by atoms with Gasteiger partial charge in [0.05, 0.1) is 0 Å². The van der Waals surface area contributed by atoms with Crippen molar-refractivity contribution in [1.29, 1.82) is 0 Å². The van der Waals surface area contributed by atoms with Crippen LogP contribution in [0.3, 0.4) is 0 Å². The van der Waals surface area contributed by atoms with Crippen LogP contribution in [-0.2, 0) is 9.59 Å². The molecule has 3 rings (SSSR count). The summed E-state index contributed by atoms with van der Waals surface area (Å²) < 4.78 is 0. The number of hydrogen-bond donors (Lipinski definition) is 2. The van der Waals surface area contributed by atoms with E-state index in [1.54, 1.807) is 6.92 Å². The molecule has 0 saturated heterocycles. The molecule has 3 saturated carbocycles. The van der Waals surface area contributed by atoms with E-state index in [2.05, 4.69) is 5.32 Å². The van der Waals surface area contributed by atoms with Crippen LogP contribution in [0.2, 0.25) is 0 Å². The molecule has 1 amide bonds. The van der Waals surface area contributed by atoms with Crippen molar-refractivity contribution in [2.24, 2.45) is 23.7 Å². The molecule has 2 N–H and O–H groups in total. The zero-order valence-corrected chi connectivity index (χ0v) is 12.2. The van der Waals surface area contributed by atoms with Gasteiger partial charge >= 0.3 is 5.97 Å². The molecule has 3 aliphatic carbocycles. The minimum atomic E-state index is -1.01. The maximum absolute atomic E-state index is 12.2. The summed E-state index contributed by atoms with van der Waals surface area (Å²) >= 11 is 0. The maximum atomic E-state index is 12.2. The molecule has 4 heteroatoms. The van der Waals surface area contributed by atoms with Gasteiger partial charge in [-0.25, -0.2) is 4.79 Å². The number of rotatable bonds is 3. The fraction of sp³-hybridized carbons (Fsp3) is 0.750. The van der Waals surface area contributed by atoms with Crippen LogP contribution in [0.25, 0.3) is 0 Å². The first-order valence-corrected chi connectivity index (χ1v) is 7.70. The van der Waals surface area contributed by atoms with E-state index in [0.29, 0.717) is 11.5 Å². The zero-order valence-electron chi connectivity index (χ0n) is 12.2. The summed E-state index contributed by atoms with van der Waals surface area (Å²) in [6.07, 6.45) is 6.41. The molecule has 0 aromatic carbocycles. The first-order chi connectivity index (χ1) is 9.49. The van der Waals surface area contributed by atoms with Crippen molar-refractivity contribution < 1.29 is 14.7 Å². The topological polar surface area (TPSA) is 66.4 Å². The number of carboxylic acid groups (broad SMARTS) is 1. The van der Waals surface area contributed by atoms with Crippen molar-refractivity contribution in [2.45, 2.75) is 52.0 Å². The second-order valence-corrected chi connectivity index (χ2v) is 6.79. The molecule has 3 fully saturated rings. The second kappa shape index (κ2) is 4.90. The van der Waals surface area contributed by atoms with Gasteiger partial charge in [0.15, 0.2) is 0 Å². The van der Waals surface area contributed by atoms with Crippen molar-refractivity contribution in [3.63, 3.8) is 0 Å². The number of carbonyl (C=O) groups excluding carboxylic acids is 1. The van der Waals surface area contributed by atoms with E-state index in [9.17, 15) is 9.59 Å². The summed E-state index contributed by atoms with van der Waals surface area (Å²) in [5.41, 5.74) is 0.479. The lowest BCUT2D eigenvalue weighted by Gasteiger charge is -2.32. The molecule has 0 aromatic rings. The van der Waals surface area contributed by atoms with Crippen LogP contribution in [0.1, 0.15) is 46.0 Å². The molecule has 0 heterocycles. The standard InChI is InChI=1S/C16H23NO3/c1-8(9(2)16(19)20)15(18)17-14-7-10-6-13(14)12-5-3-4-11(10)12/h10-14H,3-7H2,1-2H3,(H,17,18)(H,19,20). The molecular weight excluding hydrogens is 254 g/mol. The van der Waals surface area contributed by atoms with Crippen LogP contribution in [0.5, 0.6) is 0 Å². The highest BCUT2D eigenvalue weighted by molar-refractivity contribution is 6.01. The van der Waals surface area contributed by atoms with Gasteiger partial charge in [-0.2, -0.15) is 0 Å². The zero-order chi connectivity index (χ0) is 14.4. The Labute approximate surface area is 119 Å². The average Bonchev–Trinajstić information content (AvgIpc) is 3.08. The fourth-order valence-electron chi connectivity index (χ4n) is 4.84. The monoisotopic (exact) mass is 277 g/mol. The van der Waals surface area contributed by atoms with E-state index in [1.165, 1.54) is 32.6 Å². The number of fused-ring (bicyclic) bond motifs is 5. The molecule has 0 radical (unpaired) electrons. The molecule has 20 heavy (non-hydrogen) atoms. The molecule has 0 aromatic heterocycles. The third kappa shape index (κ3) is 2.05. The summed E-state index contributed by atoms with van der Waals surface area (Å²) in [6.45, 7) is 3.09. The lowest BCUT2D eigenvalue weighted by Crippen LogP contribution is -2.43. The fourth-order valence-corrected chi connectivity index (χ4v) is 4.84. The van der Waals surface area contributed by atoms with E-state index in [4.69, 9.17) is 5.11 Å². The first-order valence-electron chi connectivity index (χ1n) is 7.70. The van der Waals surface area contributed by atoms with Crippen molar-refractivity contribution >= 4 is 11.9 Å². The first kappa shape index (κ1) is 13.7. The van der Waals surface area contributed by atoms with Gasteiger partial charge in [-0.05, 0) is 63.2 Å². The van der Waals surface area contributed by atoms with Gasteiger partial charge < -0.3 is 10.4 Å². The third-order valence-corrected chi connectivity index (χ3v) is 5.97. The van der Waals surface area contributed by atoms with E-state index in [0.717, 1.165) is 24.2 Å². The number of hydrogen-bond acceptors (Lipinski definition) is 2. The van der Waals surface area contributed by atoms with Crippen LogP contribution in [-0.4, -0.2) is 23.0 Å². The van der Waals surface area contributed by atoms with Crippen LogP contribution in [0, 0.1) is 23.7 Å². The molecule has 0 spiro atoms. The van der Waals surface area contributed by atoms with Crippen LogP contribution < -0.4 is 5.32 Å². The van der Waals surface area contributed by atoms with E-state index in [-0.39, 0.29) is 17.5 Å². The van der Waals surface area contributed by atoms with Crippen molar-refractivity contribution in [1.82, 2.24) is 5.32 Å². The smallest absolute Gasteiger partial charge is 0.331 e. The number of nitrogens with one attached hydrogen (secondary N) is 1. The Morgan fingerprint density at radius 2 is 1.70 bits per heavy atom. The number of amides is 1. The molecule has 5 unspecified atom stereocenters. The average molecular weight is 277 g/mol. The number of carboxylic acids is 1.